The van der Waals surface area contributed by atoms with E-state index in [1.165, 1.54) is 35.1 Å². The van der Waals surface area contributed by atoms with Gasteiger partial charge in [0.2, 0.25) is 5.82 Å². The summed E-state index contributed by atoms with van der Waals surface area (Å²) in [6, 6.07) is 10.6. The summed E-state index contributed by atoms with van der Waals surface area (Å²) in [6.45, 7) is 4.81. The van der Waals surface area contributed by atoms with Crippen LogP contribution >= 0.6 is 0 Å². The molecule has 0 amide bonds. The van der Waals surface area contributed by atoms with Crippen LogP contribution in [0.15, 0.2) is 51.1 Å². The average molecular weight is 466 g/mol. The molecule has 0 spiro atoms. The lowest BCUT2D eigenvalue weighted by molar-refractivity contribution is -0.0429. The normalized spacial score (nSPS) is 12.2. The number of aromatic nitrogens is 1. The Hall–Kier alpha value is -3.66. The molecule has 0 aliphatic rings. The molecule has 1 heterocycles. The van der Waals surface area contributed by atoms with Crippen molar-refractivity contribution < 1.29 is 26.1 Å². The van der Waals surface area contributed by atoms with Crippen LogP contribution in [0.4, 0.5) is 36.1 Å². The highest BCUT2D eigenvalue weighted by molar-refractivity contribution is 7.93. The van der Waals surface area contributed by atoms with Crippen LogP contribution < -0.4 is 9.62 Å². The number of nitriles is 1. The molecule has 0 radical (unpaired) electrons. The molecule has 9 nitrogen and oxygen atoms in total. The minimum absolute atomic E-state index is 0.0157. The molecule has 0 saturated heterocycles. The first-order valence-electron chi connectivity index (χ1n) is 9.29. The van der Waals surface area contributed by atoms with Crippen molar-refractivity contribution in [1.82, 2.24) is 5.16 Å². The number of benzene rings is 2. The fraction of sp³-hybridized carbons (Fsp3) is 0.263. The van der Waals surface area contributed by atoms with Crippen molar-refractivity contribution in [2.45, 2.75) is 19.4 Å². The molecule has 168 valence electrons. The van der Waals surface area contributed by atoms with E-state index in [1.807, 2.05) is 24.8 Å². The number of sulfonamides is 1. The summed E-state index contributed by atoms with van der Waals surface area (Å²) >= 11 is 0. The second kappa shape index (κ2) is 8.83. The minimum Gasteiger partial charge on any atom is -0.372 e. The van der Waals surface area contributed by atoms with Gasteiger partial charge in [-0.25, -0.2) is 0 Å². The van der Waals surface area contributed by atoms with Crippen molar-refractivity contribution >= 4 is 43.9 Å². The van der Waals surface area contributed by atoms with Gasteiger partial charge in [0.1, 0.15) is 5.69 Å². The first kappa shape index (κ1) is 23.0. The van der Waals surface area contributed by atoms with Crippen molar-refractivity contribution in [3.63, 3.8) is 0 Å². The maximum Gasteiger partial charge on any atom is 0.516 e. The van der Waals surface area contributed by atoms with Crippen molar-refractivity contribution in [3.05, 3.63) is 42.0 Å². The summed E-state index contributed by atoms with van der Waals surface area (Å²) in [4.78, 5) is 1.82. The van der Waals surface area contributed by atoms with Gasteiger partial charge in [-0.2, -0.15) is 26.9 Å². The molecule has 3 rings (SSSR count). The van der Waals surface area contributed by atoms with Crippen molar-refractivity contribution in [2.75, 3.05) is 22.7 Å². The number of hydrogen-bond acceptors (Lipinski definition) is 8. The van der Waals surface area contributed by atoms with Crippen LogP contribution in [-0.2, 0) is 10.0 Å². The number of alkyl halides is 3. The molecule has 0 atom stereocenters. The first-order chi connectivity index (χ1) is 15.1. The molecule has 0 fully saturated rings. The van der Waals surface area contributed by atoms with Crippen LogP contribution in [0, 0.1) is 11.3 Å². The molecule has 0 aliphatic carbocycles. The van der Waals surface area contributed by atoms with Gasteiger partial charge in [-0.15, -0.1) is 10.2 Å². The number of hydrogen-bond donors (Lipinski definition) is 1. The highest BCUT2D eigenvalue weighted by Gasteiger charge is 2.46. The van der Waals surface area contributed by atoms with Gasteiger partial charge in [0, 0.05) is 24.8 Å². The Kier molecular flexibility index (Phi) is 6.35. The number of nitrogens with one attached hydrogen (secondary N) is 1. The maximum atomic E-state index is 12.9. The summed E-state index contributed by atoms with van der Waals surface area (Å²) in [6.07, 6.45) is 0. The molecule has 0 bridgehead atoms. The van der Waals surface area contributed by atoms with Gasteiger partial charge < -0.3 is 9.42 Å². The summed E-state index contributed by atoms with van der Waals surface area (Å²) in [7, 11) is -5.68. The van der Waals surface area contributed by atoms with Crippen LogP contribution in [0.1, 0.15) is 19.4 Å². The predicted molar refractivity (Wildman–Crippen MR) is 112 cm³/mol. The zero-order chi connectivity index (χ0) is 23.5. The summed E-state index contributed by atoms with van der Waals surface area (Å²) in [5.74, 6) is 0.0157. The second-order valence-electron chi connectivity index (χ2n) is 6.45. The van der Waals surface area contributed by atoms with E-state index < -0.39 is 21.2 Å². The smallest absolute Gasteiger partial charge is 0.372 e. The fourth-order valence-corrected chi connectivity index (χ4v) is 3.42. The highest BCUT2D eigenvalue weighted by atomic mass is 32.2. The topological polar surface area (TPSA) is 124 Å². The van der Waals surface area contributed by atoms with Crippen molar-refractivity contribution in [1.29, 1.82) is 5.26 Å². The zero-order valence-electron chi connectivity index (χ0n) is 16.9. The third kappa shape index (κ3) is 4.65. The third-order valence-electron chi connectivity index (χ3n) is 4.49. The van der Waals surface area contributed by atoms with Crippen molar-refractivity contribution in [2.24, 2.45) is 10.2 Å². The lowest BCUT2D eigenvalue weighted by Gasteiger charge is -2.22. The van der Waals surface area contributed by atoms with Crippen LogP contribution in [-0.4, -0.2) is 32.2 Å². The number of halogens is 3. The van der Waals surface area contributed by atoms with E-state index in [2.05, 4.69) is 15.4 Å². The molecule has 3 aromatic rings. The molecule has 32 heavy (non-hydrogen) atoms. The van der Waals surface area contributed by atoms with Gasteiger partial charge in [0.15, 0.2) is 5.58 Å². The molecule has 0 aliphatic heterocycles. The van der Waals surface area contributed by atoms with E-state index in [0.29, 0.717) is 29.7 Å². The Morgan fingerprint density at radius 2 is 1.88 bits per heavy atom. The molecular weight excluding hydrogens is 449 g/mol. The maximum absolute atomic E-state index is 12.9. The number of rotatable bonds is 7. The van der Waals surface area contributed by atoms with Crippen LogP contribution in [0.25, 0.3) is 11.0 Å². The minimum atomic E-state index is -5.68. The summed E-state index contributed by atoms with van der Waals surface area (Å²) in [5, 5.41) is 20.9. The summed E-state index contributed by atoms with van der Waals surface area (Å²) < 4.78 is 68.8. The lowest BCUT2D eigenvalue weighted by atomic mass is 10.2. The Morgan fingerprint density at radius 3 is 2.50 bits per heavy atom. The first-order valence-corrected chi connectivity index (χ1v) is 10.8. The van der Waals surface area contributed by atoms with Gasteiger partial charge in [-0.05, 0) is 44.2 Å². The molecule has 1 aromatic heterocycles. The Bertz CT molecular complexity index is 1310. The van der Waals surface area contributed by atoms with Crippen molar-refractivity contribution in [3.8, 4) is 6.07 Å². The number of azo groups is 1. The molecule has 0 saturated carbocycles. The number of fused-ring (bicyclic) bond motifs is 1. The second-order valence-corrected chi connectivity index (χ2v) is 8.13. The molecule has 1 N–H and O–H groups in total. The third-order valence-corrected chi connectivity index (χ3v) is 5.59. The molecule has 0 unspecified atom stereocenters. The predicted octanol–water partition coefficient (Wildman–Crippen LogP) is 5.22. The number of nitrogens with zero attached hydrogens (tertiary/aromatic N) is 5. The van der Waals surface area contributed by atoms with Gasteiger partial charge in [0.05, 0.1) is 22.7 Å². The van der Waals surface area contributed by atoms with E-state index in [0.717, 1.165) is 0 Å². The van der Waals surface area contributed by atoms with E-state index in [1.54, 1.807) is 6.07 Å². The van der Waals surface area contributed by atoms with Gasteiger partial charge >= 0.3 is 15.5 Å². The van der Waals surface area contributed by atoms with Crippen LogP contribution in [0.5, 0.6) is 0 Å². The Labute approximate surface area is 181 Å². The standard InChI is InChI=1S/C19H17F3N6O3S/c1-3-28(4-2)13-6-8-15(16(10-13)27-32(29,30)19(20,21)22)24-25-18-14-7-5-12(11-23)9-17(14)31-26-18/h5-10,27H,3-4H2,1-2H3. The molecule has 2 aromatic carbocycles. The molecular formula is C19H17F3N6O3S. The highest BCUT2D eigenvalue weighted by Crippen LogP contribution is 2.35. The molecule has 13 heteroatoms. The van der Waals surface area contributed by atoms with Gasteiger partial charge in [0.25, 0.3) is 0 Å². The largest absolute Gasteiger partial charge is 0.516 e. The van der Waals surface area contributed by atoms with Gasteiger partial charge in [-0.1, -0.05) is 5.16 Å². The van der Waals surface area contributed by atoms with E-state index in [4.69, 9.17) is 9.78 Å². The quantitative estimate of drug-likeness (QED) is 0.476. The fourth-order valence-electron chi connectivity index (χ4n) is 2.85. The Balaban J connectivity index is 2.04. The van der Waals surface area contributed by atoms with Crippen LogP contribution in [0.2, 0.25) is 0 Å². The average Bonchev–Trinajstić information content (AvgIpc) is 3.15. The van der Waals surface area contributed by atoms with E-state index >= 15 is 0 Å². The lowest BCUT2D eigenvalue weighted by Crippen LogP contribution is -2.30. The van der Waals surface area contributed by atoms with E-state index in [-0.39, 0.29) is 17.1 Å². The van der Waals surface area contributed by atoms with Crippen LogP contribution in [0.3, 0.4) is 0 Å². The monoisotopic (exact) mass is 466 g/mol. The zero-order valence-corrected chi connectivity index (χ0v) is 17.7. The van der Waals surface area contributed by atoms with Gasteiger partial charge in [-0.3, -0.25) is 4.72 Å². The summed E-state index contributed by atoms with van der Waals surface area (Å²) in [5.41, 5.74) is -4.94. The van der Waals surface area contributed by atoms with E-state index in [9.17, 15) is 21.6 Å². The SMILES string of the molecule is CCN(CC)c1ccc(N=Nc2noc3cc(C#N)ccc23)c(NS(=O)(=O)C(F)(F)F)c1. The Morgan fingerprint density at radius 1 is 1.16 bits per heavy atom. The number of anilines is 2.